The van der Waals surface area contributed by atoms with Gasteiger partial charge < -0.3 is 4.74 Å². The Morgan fingerprint density at radius 2 is 1.95 bits per heavy atom. The summed E-state index contributed by atoms with van der Waals surface area (Å²) in [6.07, 6.45) is 4.97. The molecule has 1 fully saturated rings. The van der Waals surface area contributed by atoms with E-state index in [-0.39, 0.29) is 23.4 Å². The first-order valence-electron chi connectivity index (χ1n) is 7.87. The predicted octanol–water partition coefficient (Wildman–Crippen LogP) is 4.22. The van der Waals surface area contributed by atoms with E-state index in [9.17, 15) is 9.59 Å². The van der Waals surface area contributed by atoms with E-state index in [0.717, 1.165) is 18.6 Å². The number of carbonyl (C=O) groups excluding carboxylic acids is 2. The van der Waals surface area contributed by atoms with Crippen LogP contribution in [-0.4, -0.2) is 18.7 Å². The molecule has 3 nitrogen and oxygen atoms in total. The molecular weight excluding hydrogens is 276 g/mol. The zero-order chi connectivity index (χ0) is 16.1. The highest BCUT2D eigenvalue weighted by atomic mass is 16.5. The number of allylic oxidation sites excluding steroid dienone is 2. The molecule has 0 unspecified atom stereocenters. The third-order valence-corrected chi connectivity index (χ3v) is 4.33. The fourth-order valence-electron chi connectivity index (χ4n) is 3.05. The molecule has 1 aromatic rings. The van der Waals surface area contributed by atoms with Crippen molar-refractivity contribution in [3.8, 4) is 5.75 Å². The van der Waals surface area contributed by atoms with Crippen molar-refractivity contribution < 1.29 is 14.3 Å². The monoisotopic (exact) mass is 300 g/mol. The summed E-state index contributed by atoms with van der Waals surface area (Å²) in [5.41, 5.74) is 1.86. The lowest BCUT2D eigenvalue weighted by Crippen LogP contribution is -2.33. The van der Waals surface area contributed by atoms with Crippen LogP contribution in [-0.2, 0) is 4.79 Å². The van der Waals surface area contributed by atoms with E-state index < -0.39 is 0 Å². The SMILES string of the molecule is COc1ccc(C(=O)[C@@H]2CCCC(=O)[C@H]2CC=C(C)C)cc1. The second-order valence-electron chi connectivity index (χ2n) is 6.18. The number of hydrogen-bond donors (Lipinski definition) is 0. The maximum Gasteiger partial charge on any atom is 0.166 e. The third-order valence-electron chi connectivity index (χ3n) is 4.33. The van der Waals surface area contributed by atoms with Crippen molar-refractivity contribution in [2.45, 2.75) is 39.5 Å². The van der Waals surface area contributed by atoms with E-state index in [2.05, 4.69) is 6.08 Å². The fourth-order valence-corrected chi connectivity index (χ4v) is 3.05. The lowest BCUT2D eigenvalue weighted by Gasteiger charge is -2.28. The van der Waals surface area contributed by atoms with Crippen LogP contribution >= 0.6 is 0 Å². The molecule has 1 aliphatic carbocycles. The molecule has 1 aliphatic rings. The smallest absolute Gasteiger partial charge is 0.166 e. The molecule has 0 heterocycles. The average molecular weight is 300 g/mol. The van der Waals surface area contributed by atoms with Gasteiger partial charge in [-0.25, -0.2) is 0 Å². The number of methoxy groups -OCH3 is 1. The van der Waals surface area contributed by atoms with Crippen LogP contribution in [0, 0.1) is 11.8 Å². The standard InChI is InChI=1S/C19H24O3/c1-13(2)7-12-16-17(5-4-6-18(16)20)19(21)14-8-10-15(22-3)11-9-14/h7-11,16-17H,4-6,12H2,1-3H3/t16-,17+/m0/s1. The summed E-state index contributed by atoms with van der Waals surface area (Å²) < 4.78 is 5.12. The summed E-state index contributed by atoms with van der Waals surface area (Å²) in [5.74, 6) is 0.694. The highest BCUT2D eigenvalue weighted by Crippen LogP contribution is 2.33. The quantitative estimate of drug-likeness (QED) is 0.604. The van der Waals surface area contributed by atoms with Crippen molar-refractivity contribution in [1.29, 1.82) is 0 Å². The molecule has 0 radical (unpaired) electrons. The van der Waals surface area contributed by atoms with Gasteiger partial charge in [-0.2, -0.15) is 0 Å². The van der Waals surface area contributed by atoms with Crippen molar-refractivity contribution >= 4 is 11.6 Å². The van der Waals surface area contributed by atoms with Crippen LogP contribution in [0.1, 0.15) is 49.9 Å². The Balaban J connectivity index is 2.19. The van der Waals surface area contributed by atoms with E-state index in [4.69, 9.17) is 4.74 Å². The largest absolute Gasteiger partial charge is 0.497 e. The number of Topliss-reactive ketones (excluding diaryl/α,β-unsaturated/α-hetero) is 2. The van der Waals surface area contributed by atoms with Crippen molar-refractivity contribution in [2.75, 3.05) is 7.11 Å². The van der Waals surface area contributed by atoms with Gasteiger partial charge in [-0.05, 0) is 57.4 Å². The zero-order valence-electron chi connectivity index (χ0n) is 13.6. The minimum Gasteiger partial charge on any atom is -0.497 e. The molecule has 0 bridgehead atoms. The van der Waals surface area contributed by atoms with Crippen LogP contribution in [0.3, 0.4) is 0 Å². The lowest BCUT2D eigenvalue weighted by molar-refractivity contribution is -0.125. The van der Waals surface area contributed by atoms with Crippen LogP contribution in [0.5, 0.6) is 5.75 Å². The van der Waals surface area contributed by atoms with Crippen molar-refractivity contribution in [3.63, 3.8) is 0 Å². The Morgan fingerprint density at radius 3 is 2.55 bits per heavy atom. The van der Waals surface area contributed by atoms with E-state index in [1.165, 1.54) is 5.57 Å². The maximum absolute atomic E-state index is 12.8. The number of rotatable bonds is 5. The van der Waals surface area contributed by atoms with E-state index in [1.807, 2.05) is 13.8 Å². The van der Waals surface area contributed by atoms with Gasteiger partial charge >= 0.3 is 0 Å². The number of ether oxygens (including phenoxy) is 1. The normalized spacial score (nSPS) is 21.3. The van der Waals surface area contributed by atoms with Gasteiger partial charge in [0.25, 0.3) is 0 Å². The topological polar surface area (TPSA) is 43.4 Å². The van der Waals surface area contributed by atoms with Crippen molar-refractivity contribution in [2.24, 2.45) is 11.8 Å². The first-order chi connectivity index (χ1) is 10.5. The molecule has 0 amide bonds. The van der Waals surface area contributed by atoms with Gasteiger partial charge in [0.2, 0.25) is 0 Å². The second kappa shape index (κ2) is 7.39. The predicted molar refractivity (Wildman–Crippen MR) is 87.2 cm³/mol. The second-order valence-corrected chi connectivity index (χ2v) is 6.18. The summed E-state index contributed by atoms with van der Waals surface area (Å²) >= 11 is 0. The van der Waals surface area contributed by atoms with Crippen molar-refractivity contribution in [1.82, 2.24) is 0 Å². The Bertz CT molecular complexity index is 565. The molecule has 0 saturated heterocycles. The molecule has 2 rings (SSSR count). The van der Waals surface area contributed by atoms with E-state index in [1.54, 1.807) is 31.4 Å². The van der Waals surface area contributed by atoms with Gasteiger partial charge in [-0.1, -0.05) is 11.6 Å². The van der Waals surface area contributed by atoms with Gasteiger partial charge in [-0.15, -0.1) is 0 Å². The summed E-state index contributed by atoms with van der Waals surface area (Å²) in [5, 5.41) is 0. The number of ketones is 2. The Labute approximate surface area is 132 Å². The van der Waals surface area contributed by atoms with Gasteiger partial charge in [0.1, 0.15) is 11.5 Å². The molecule has 2 atom stereocenters. The van der Waals surface area contributed by atoms with Crippen molar-refractivity contribution in [3.05, 3.63) is 41.5 Å². The van der Waals surface area contributed by atoms with Crippen LogP contribution in [0.15, 0.2) is 35.9 Å². The summed E-state index contributed by atoms with van der Waals surface area (Å²) in [6.45, 7) is 4.04. The molecule has 0 aliphatic heterocycles. The summed E-state index contributed by atoms with van der Waals surface area (Å²) in [6, 6.07) is 7.17. The Hall–Kier alpha value is -1.90. The van der Waals surface area contributed by atoms with E-state index >= 15 is 0 Å². The van der Waals surface area contributed by atoms with Gasteiger partial charge in [0.05, 0.1) is 7.11 Å². The lowest BCUT2D eigenvalue weighted by atomic mass is 9.73. The minimum absolute atomic E-state index is 0.0860. The van der Waals surface area contributed by atoms with Crippen LogP contribution in [0.25, 0.3) is 0 Å². The Kier molecular flexibility index (Phi) is 5.53. The molecule has 0 aromatic heterocycles. The van der Waals surface area contributed by atoms with Gasteiger partial charge in [0, 0.05) is 23.8 Å². The Morgan fingerprint density at radius 1 is 1.27 bits per heavy atom. The number of hydrogen-bond acceptors (Lipinski definition) is 3. The fraction of sp³-hybridized carbons (Fsp3) is 0.474. The highest BCUT2D eigenvalue weighted by molar-refractivity contribution is 6.01. The molecular formula is C19H24O3. The summed E-state index contributed by atoms with van der Waals surface area (Å²) in [7, 11) is 1.60. The van der Waals surface area contributed by atoms with Crippen LogP contribution in [0.2, 0.25) is 0 Å². The molecule has 0 spiro atoms. The zero-order valence-corrected chi connectivity index (χ0v) is 13.6. The molecule has 0 N–H and O–H groups in total. The molecule has 1 aromatic carbocycles. The van der Waals surface area contributed by atoms with E-state index in [0.29, 0.717) is 18.4 Å². The number of carbonyl (C=O) groups is 2. The molecule has 1 saturated carbocycles. The highest BCUT2D eigenvalue weighted by Gasteiger charge is 2.35. The molecule has 22 heavy (non-hydrogen) atoms. The van der Waals surface area contributed by atoms with Crippen LogP contribution in [0.4, 0.5) is 0 Å². The van der Waals surface area contributed by atoms with Gasteiger partial charge in [0.15, 0.2) is 5.78 Å². The minimum atomic E-state index is -0.190. The van der Waals surface area contributed by atoms with Gasteiger partial charge in [-0.3, -0.25) is 9.59 Å². The maximum atomic E-state index is 12.8. The molecule has 118 valence electrons. The third kappa shape index (κ3) is 3.85. The average Bonchev–Trinajstić information content (AvgIpc) is 2.52. The van der Waals surface area contributed by atoms with Crippen LogP contribution < -0.4 is 4.74 Å². The first kappa shape index (κ1) is 16.5. The molecule has 3 heteroatoms. The number of benzene rings is 1. The first-order valence-corrected chi connectivity index (χ1v) is 7.87. The summed E-state index contributed by atoms with van der Waals surface area (Å²) in [4.78, 5) is 25.0.